The van der Waals surface area contributed by atoms with Crippen LogP contribution < -0.4 is 0 Å². The van der Waals surface area contributed by atoms with Crippen LogP contribution in [0.2, 0.25) is 0 Å². The summed E-state index contributed by atoms with van der Waals surface area (Å²) in [6.07, 6.45) is 2.27. The summed E-state index contributed by atoms with van der Waals surface area (Å²) < 4.78 is 1.42. The van der Waals surface area contributed by atoms with Crippen molar-refractivity contribution in [3.8, 4) is 0 Å². The van der Waals surface area contributed by atoms with Crippen molar-refractivity contribution in [3.63, 3.8) is 0 Å². The molecule has 1 N–H and O–H groups in total. The lowest BCUT2D eigenvalue weighted by Gasteiger charge is -2.13. The van der Waals surface area contributed by atoms with Crippen LogP contribution in [-0.4, -0.2) is 4.98 Å². The van der Waals surface area contributed by atoms with Gasteiger partial charge in [0.15, 0.2) is 0 Å². The van der Waals surface area contributed by atoms with Crippen molar-refractivity contribution in [2.75, 3.05) is 0 Å². The van der Waals surface area contributed by atoms with E-state index in [2.05, 4.69) is 78.0 Å². The second kappa shape index (κ2) is 5.58. The Bertz CT molecular complexity index is 1480. The SMILES string of the molecule is CCCc1cc2ccccc2c2c1c1sccc1c1[nH]c3ccccc3c12. The van der Waals surface area contributed by atoms with Gasteiger partial charge in [0.25, 0.3) is 0 Å². The quantitative estimate of drug-likeness (QED) is 0.301. The van der Waals surface area contributed by atoms with Gasteiger partial charge in [-0.3, -0.25) is 0 Å². The van der Waals surface area contributed by atoms with Crippen molar-refractivity contribution in [3.05, 3.63) is 71.6 Å². The van der Waals surface area contributed by atoms with Crippen molar-refractivity contribution in [2.24, 2.45) is 0 Å². The first-order valence-electron chi connectivity index (χ1n) is 9.60. The molecular formula is C25H19NS. The Hall–Kier alpha value is -2.84. The number of thiophene rings is 1. The molecule has 2 heteroatoms. The molecule has 2 aromatic heterocycles. The highest BCUT2D eigenvalue weighted by Crippen LogP contribution is 2.45. The molecule has 0 saturated heterocycles. The summed E-state index contributed by atoms with van der Waals surface area (Å²) in [6.45, 7) is 2.27. The van der Waals surface area contributed by atoms with Crippen molar-refractivity contribution in [2.45, 2.75) is 19.8 Å². The molecule has 1 nitrogen and oxygen atoms in total. The van der Waals surface area contributed by atoms with Crippen molar-refractivity contribution < 1.29 is 0 Å². The third-order valence-electron chi connectivity index (χ3n) is 5.77. The summed E-state index contributed by atoms with van der Waals surface area (Å²) in [5.74, 6) is 0. The Labute approximate surface area is 161 Å². The molecule has 0 unspecified atom stereocenters. The number of nitrogens with one attached hydrogen (secondary N) is 1. The summed E-state index contributed by atoms with van der Waals surface area (Å²) in [4.78, 5) is 3.72. The van der Waals surface area contributed by atoms with Gasteiger partial charge in [-0.05, 0) is 40.3 Å². The smallest absolute Gasteiger partial charge is 0.0559 e. The van der Waals surface area contributed by atoms with Crippen LogP contribution >= 0.6 is 11.3 Å². The van der Waals surface area contributed by atoms with Crippen LogP contribution in [0.5, 0.6) is 0 Å². The maximum Gasteiger partial charge on any atom is 0.0559 e. The molecular weight excluding hydrogens is 346 g/mol. The lowest BCUT2D eigenvalue weighted by Crippen LogP contribution is -1.90. The van der Waals surface area contributed by atoms with Crippen molar-refractivity contribution in [1.29, 1.82) is 0 Å². The Morgan fingerprint density at radius 2 is 1.63 bits per heavy atom. The van der Waals surface area contributed by atoms with Gasteiger partial charge in [-0.2, -0.15) is 0 Å². The number of hydrogen-bond acceptors (Lipinski definition) is 1. The van der Waals surface area contributed by atoms with Crippen LogP contribution in [0.4, 0.5) is 0 Å². The number of benzene rings is 4. The molecule has 0 amide bonds. The minimum absolute atomic E-state index is 1.11. The van der Waals surface area contributed by atoms with E-state index in [9.17, 15) is 0 Å². The first-order valence-corrected chi connectivity index (χ1v) is 10.5. The van der Waals surface area contributed by atoms with E-state index in [0.717, 1.165) is 12.8 Å². The molecule has 0 bridgehead atoms. The minimum atomic E-state index is 1.11. The van der Waals surface area contributed by atoms with Gasteiger partial charge in [-0.15, -0.1) is 11.3 Å². The molecule has 0 saturated carbocycles. The number of aromatic amines is 1. The topological polar surface area (TPSA) is 15.8 Å². The third-order valence-corrected chi connectivity index (χ3v) is 6.70. The standard InChI is InChI=1S/C25H19NS/c1-2-7-16-14-15-8-3-4-9-17(15)22-21(16)25-19(12-13-27-25)24-23(22)18-10-5-6-11-20(18)26-24/h3-6,8-14,26H,2,7H2,1H3. The largest absolute Gasteiger partial charge is 0.354 e. The van der Waals surface area contributed by atoms with Crippen LogP contribution in [0, 0.1) is 0 Å². The van der Waals surface area contributed by atoms with E-state index < -0.39 is 0 Å². The average Bonchev–Trinajstić information content (AvgIpc) is 3.32. The Kier molecular flexibility index (Phi) is 3.15. The number of rotatable bonds is 2. The van der Waals surface area contributed by atoms with E-state index >= 15 is 0 Å². The molecule has 0 atom stereocenters. The maximum atomic E-state index is 3.72. The molecule has 2 heterocycles. The zero-order chi connectivity index (χ0) is 18.0. The molecule has 27 heavy (non-hydrogen) atoms. The van der Waals surface area contributed by atoms with Crippen LogP contribution in [0.15, 0.2) is 66.0 Å². The molecule has 0 radical (unpaired) electrons. The molecule has 0 aliphatic carbocycles. The molecule has 6 aromatic rings. The number of para-hydroxylation sites is 1. The van der Waals surface area contributed by atoms with Gasteiger partial charge >= 0.3 is 0 Å². The first kappa shape index (κ1) is 15.2. The van der Waals surface area contributed by atoms with Gasteiger partial charge in [-0.25, -0.2) is 0 Å². The zero-order valence-electron chi connectivity index (χ0n) is 15.2. The molecule has 0 aliphatic rings. The predicted octanol–water partition coefficient (Wildman–Crippen LogP) is 7.79. The van der Waals surface area contributed by atoms with E-state index in [-0.39, 0.29) is 0 Å². The summed E-state index contributed by atoms with van der Waals surface area (Å²) >= 11 is 1.87. The maximum absolute atomic E-state index is 3.72. The third kappa shape index (κ3) is 1.99. The van der Waals surface area contributed by atoms with E-state index in [1.807, 2.05) is 11.3 Å². The number of aromatic nitrogens is 1. The summed E-state index contributed by atoms with van der Waals surface area (Å²) in [7, 11) is 0. The van der Waals surface area contributed by atoms with E-state index in [0.29, 0.717) is 0 Å². The summed E-state index contributed by atoms with van der Waals surface area (Å²) in [5, 5.41) is 11.9. The molecule has 130 valence electrons. The average molecular weight is 366 g/mol. The zero-order valence-corrected chi connectivity index (χ0v) is 16.0. The van der Waals surface area contributed by atoms with Gasteiger partial charge in [0.1, 0.15) is 0 Å². The fourth-order valence-electron chi connectivity index (χ4n) is 4.69. The second-order valence-electron chi connectivity index (χ2n) is 7.34. The molecule has 4 aromatic carbocycles. The highest BCUT2D eigenvalue weighted by molar-refractivity contribution is 7.18. The fourth-order valence-corrected chi connectivity index (χ4v) is 5.68. The monoisotopic (exact) mass is 365 g/mol. The highest BCUT2D eigenvalue weighted by atomic mass is 32.1. The lowest BCUT2D eigenvalue weighted by atomic mass is 9.91. The molecule has 0 fully saturated rings. The molecule has 6 rings (SSSR count). The van der Waals surface area contributed by atoms with Crippen LogP contribution in [0.3, 0.4) is 0 Å². The van der Waals surface area contributed by atoms with Crippen molar-refractivity contribution >= 4 is 64.8 Å². The first-order chi connectivity index (χ1) is 13.4. The minimum Gasteiger partial charge on any atom is -0.354 e. The number of fused-ring (bicyclic) bond motifs is 10. The second-order valence-corrected chi connectivity index (χ2v) is 8.26. The normalized spacial score (nSPS) is 12.2. The van der Waals surface area contributed by atoms with Gasteiger partial charge in [-0.1, -0.05) is 61.9 Å². The number of aryl methyl sites for hydroxylation is 1. The van der Waals surface area contributed by atoms with Gasteiger partial charge in [0.2, 0.25) is 0 Å². The van der Waals surface area contributed by atoms with Crippen molar-refractivity contribution in [1.82, 2.24) is 4.98 Å². The van der Waals surface area contributed by atoms with Crippen LogP contribution in [0.1, 0.15) is 18.9 Å². The Morgan fingerprint density at radius 1 is 0.815 bits per heavy atom. The summed E-state index contributed by atoms with van der Waals surface area (Å²) in [6, 6.07) is 22.3. The Balaban J connectivity index is 2.04. The predicted molar refractivity (Wildman–Crippen MR) is 120 cm³/mol. The van der Waals surface area contributed by atoms with E-state index in [1.165, 1.54) is 59.0 Å². The van der Waals surface area contributed by atoms with Gasteiger partial charge in [0.05, 0.1) is 5.52 Å². The fraction of sp³-hybridized carbons (Fsp3) is 0.120. The van der Waals surface area contributed by atoms with Gasteiger partial charge in [0, 0.05) is 37.1 Å². The molecule has 0 spiro atoms. The van der Waals surface area contributed by atoms with E-state index in [4.69, 9.17) is 0 Å². The lowest BCUT2D eigenvalue weighted by molar-refractivity contribution is 0.932. The highest BCUT2D eigenvalue weighted by Gasteiger charge is 2.18. The Morgan fingerprint density at radius 3 is 2.52 bits per heavy atom. The van der Waals surface area contributed by atoms with Crippen LogP contribution in [0.25, 0.3) is 53.4 Å². The number of H-pyrrole nitrogens is 1. The number of hydrogen-bond donors (Lipinski definition) is 1. The summed E-state index contributed by atoms with van der Waals surface area (Å²) in [5.41, 5.74) is 3.97. The van der Waals surface area contributed by atoms with Gasteiger partial charge < -0.3 is 4.98 Å². The van der Waals surface area contributed by atoms with E-state index in [1.54, 1.807) is 0 Å². The van der Waals surface area contributed by atoms with Crippen LogP contribution in [-0.2, 0) is 6.42 Å². The molecule has 0 aliphatic heterocycles.